The minimum atomic E-state index is -0.953. The molecule has 0 bridgehead atoms. The average molecular weight is 268 g/mol. The highest BCUT2D eigenvalue weighted by Gasteiger charge is 2.24. The topological polar surface area (TPSA) is 74.6 Å². The third kappa shape index (κ3) is 1.86. The Labute approximate surface area is 115 Å². The maximum Gasteiger partial charge on any atom is 0.335 e. The van der Waals surface area contributed by atoms with Crippen molar-refractivity contribution in [3.63, 3.8) is 0 Å². The Bertz CT molecular complexity index is 714. The third-order valence-corrected chi connectivity index (χ3v) is 3.73. The Morgan fingerprint density at radius 1 is 0.800 bits per heavy atom. The highest BCUT2D eigenvalue weighted by molar-refractivity contribution is 5.93. The molecule has 20 heavy (non-hydrogen) atoms. The van der Waals surface area contributed by atoms with E-state index in [1.54, 1.807) is 36.4 Å². The zero-order valence-electron chi connectivity index (χ0n) is 10.6. The van der Waals surface area contributed by atoms with Crippen LogP contribution in [-0.4, -0.2) is 22.2 Å². The summed E-state index contributed by atoms with van der Waals surface area (Å²) in [5, 5.41) is 18.0. The van der Waals surface area contributed by atoms with E-state index in [4.69, 9.17) is 10.2 Å². The van der Waals surface area contributed by atoms with Crippen molar-refractivity contribution in [2.75, 3.05) is 0 Å². The van der Waals surface area contributed by atoms with Gasteiger partial charge < -0.3 is 10.2 Å². The maximum absolute atomic E-state index is 11.1. The van der Waals surface area contributed by atoms with Gasteiger partial charge in [0, 0.05) is 0 Å². The molecular formula is C16H12O4. The Balaban J connectivity index is 2.05. The summed E-state index contributed by atoms with van der Waals surface area (Å²) in [6.07, 6.45) is 1.66. The van der Waals surface area contributed by atoms with E-state index in [-0.39, 0.29) is 5.56 Å². The Kier molecular flexibility index (Phi) is 2.79. The van der Waals surface area contributed by atoms with E-state index in [2.05, 4.69) is 0 Å². The fraction of sp³-hybridized carbons (Fsp3) is 0.125. The standard InChI is InChI=1S/C16H12O4/c17-15(18)10-3-1-9(2-4-10)11-5-8-14(16(19)20)13-7-6-12(11)13/h1-5,8H,6-7H2,(H,17,18)(H,19,20). The summed E-state index contributed by atoms with van der Waals surface area (Å²) in [4.78, 5) is 21.9. The smallest absolute Gasteiger partial charge is 0.335 e. The van der Waals surface area contributed by atoms with Gasteiger partial charge in [0.1, 0.15) is 0 Å². The molecular weight excluding hydrogens is 256 g/mol. The van der Waals surface area contributed by atoms with Crippen LogP contribution in [0.2, 0.25) is 0 Å². The molecule has 0 saturated heterocycles. The van der Waals surface area contributed by atoms with Gasteiger partial charge in [-0.2, -0.15) is 0 Å². The molecule has 3 rings (SSSR count). The summed E-state index contributed by atoms with van der Waals surface area (Å²) in [5.41, 5.74) is 4.49. The monoisotopic (exact) mass is 268 g/mol. The van der Waals surface area contributed by atoms with Gasteiger partial charge >= 0.3 is 11.9 Å². The summed E-state index contributed by atoms with van der Waals surface area (Å²) in [6.45, 7) is 0. The lowest BCUT2D eigenvalue weighted by Gasteiger charge is -2.24. The largest absolute Gasteiger partial charge is 0.478 e. The molecule has 1 aliphatic rings. The molecule has 0 radical (unpaired) electrons. The number of fused-ring (bicyclic) bond motifs is 1. The van der Waals surface area contributed by atoms with Crippen LogP contribution in [0.5, 0.6) is 0 Å². The molecule has 4 heteroatoms. The average Bonchev–Trinajstić information content (AvgIpc) is 2.39. The minimum absolute atomic E-state index is 0.245. The summed E-state index contributed by atoms with van der Waals surface area (Å²) in [5.74, 6) is -1.85. The molecule has 0 fully saturated rings. The minimum Gasteiger partial charge on any atom is -0.478 e. The number of aromatic carboxylic acids is 2. The van der Waals surface area contributed by atoms with Crippen molar-refractivity contribution in [1.82, 2.24) is 0 Å². The van der Waals surface area contributed by atoms with Crippen LogP contribution in [-0.2, 0) is 12.8 Å². The lowest BCUT2D eigenvalue weighted by molar-refractivity contribution is 0.0685. The predicted octanol–water partition coefficient (Wildman–Crippen LogP) is 2.85. The van der Waals surface area contributed by atoms with Gasteiger partial charge in [0.25, 0.3) is 0 Å². The molecule has 4 nitrogen and oxygen atoms in total. The molecule has 0 heterocycles. The molecule has 2 aromatic rings. The highest BCUT2D eigenvalue weighted by Crippen LogP contribution is 2.36. The molecule has 0 atom stereocenters. The molecule has 1 aliphatic carbocycles. The van der Waals surface area contributed by atoms with Crippen LogP contribution in [0.4, 0.5) is 0 Å². The quantitative estimate of drug-likeness (QED) is 0.897. The van der Waals surface area contributed by atoms with E-state index >= 15 is 0 Å². The van der Waals surface area contributed by atoms with Crippen LogP contribution in [0, 0.1) is 0 Å². The zero-order valence-corrected chi connectivity index (χ0v) is 10.6. The number of rotatable bonds is 3. The van der Waals surface area contributed by atoms with Gasteiger partial charge in [-0.15, -0.1) is 0 Å². The molecule has 100 valence electrons. The van der Waals surface area contributed by atoms with Crippen LogP contribution in [0.15, 0.2) is 36.4 Å². The fourth-order valence-electron chi connectivity index (χ4n) is 2.60. The van der Waals surface area contributed by atoms with E-state index in [0.29, 0.717) is 5.56 Å². The van der Waals surface area contributed by atoms with Crippen LogP contribution in [0.3, 0.4) is 0 Å². The first-order valence-corrected chi connectivity index (χ1v) is 6.29. The first-order valence-electron chi connectivity index (χ1n) is 6.29. The van der Waals surface area contributed by atoms with Crippen molar-refractivity contribution < 1.29 is 19.8 Å². The molecule has 0 amide bonds. The molecule has 0 saturated carbocycles. The van der Waals surface area contributed by atoms with Crippen molar-refractivity contribution in [3.05, 3.63) is 58.7 Å². The Morgan fingerprint density at radius 2 is 1.45 bits per heavy atom. The number of hydrogen-bond acceptors (Lipinski definition) is 2. The van der Waals surface area contributed by atoms with Gasteiger partial charge in [0.2, 0.25) is 0 Å². The molecule has 0 aromatic heterocycles. The van der Waals surface area contributed by atoms with Crippen LogP contribution in [0.25, 0.3) is 11.1 Å². The van der Waals surface area contributed by atoms with Crippen LogP contribution in [0.1, 0.15) is 31.8 Å². The number of benzene rings is 2. The first kappa shape index (κ1) is 12.4. The van der Waals surface area contributed by atoms with Crippen molar-refractivity contribution in [2.24, 2.45) is 0 Å². The fourth-order valence-corrected chi connectivity index (χ4v) is 2.60. The third-order valence-electron chi connectivity index (χ3n) is 3.73. The summed E-state index contributed by atoms with van der Waals surface area (Å²) >= 11 is 0. The Morgan fingerprint density at radius 3 is 1.95 bits per heavy atom. The maximum atomic E-state index is 11.1. The van der Waals surface area contributed by atoms with E-state index in [0.717, 1.165) is 35.1 Å². The van der Waals surface area contributed by atoms with E-state index in [9.17, 15) is 9.59 Å². The van der Waals surface area contributed by atoms with Crippen LogP contribution < -0.4 is 0 Å². The van der Waals surface area contributed by atoms with Gasteiger partial charge in [0.15, 0.2) is 0 Å². The summed E-state index contributed by atoms with van der Waals surface area (Å²) < 4.78 is 0. The van der Waals surface area contributed by atoms with E-state index < -0.39 is 11.9 Å². The normalized spacial score (nSPS) is 12.4. The number of carboxylic acid groups (broad SMARTS) is 2. The number of carbonyl (C=O) groups is 2. The number of carboxylic acids is 2. The predicted molar refractivity (Wildman–Crippen MR) is 73.2 cm³/mol. The molecule has 2 N–H and O–H groups in total. The second-order valence-electron chi connectivity index (χ2n) is 4.81. The highest BCUT2D eigenvalue weighted by atomic mass is 16.4. The van der Waals surface area contributed by atoms with Crippen LogP contribution >= 0.6 is 0 Å². The van der Waals surface area contributed by atoms with Crippen molar-refractivity contribution in [1.29, 1.82) is 0 Å². The zero-order chi connectivity index (χ0) is 14.3. The van der Waals surface area contributed by atoms with Crippen molar-refractivity contribution in [3.8, 4) is 11.1 Å². The molecule has 0 aliphatic heterocycles. The van der Waals surface area contributed by atoms with Gasteiger partial charge in [-0.3, -0.25) is 0 Å². The first-order chi connectivity index (χ1) is 9.58. The SMILES string of the molecule is O=C(O)c1ccc(-c2ccc(C(=O)O)c3c2CC3)cc1. The van der Waals surface area contributed by atoms with Gasteiger partial charge in [-0.25, -0.2) is 9.59 Å². The van der Waals surface area contributed by atoms with Crippen molar-refractivity contribution >= 4 is 11.9 Å². The van der Waals surface area contributed by atoms with Gasteiger partial charge in [-0.05, 0) is 53.3 Å². The van der Waals surface area contributed by atoms with E-state index in [1.165, 1.54) is 0 Å². The lowest BCUT2D eigenvalue weighted by atomic mass is 9.79. The number of hydrogen-bond donors (Lipinski definition) is 2. The van der Waals surface area contributed by atoms with Gasteiger partial charge in [0.05, 0.1) is 11.1 Å². The molecule has 2 aromatic carbocycles. The van der Waals surface area contributed by atoms with Crippen molar-refractivity contribution in [2.45, 2.75) is 12.8 Å². The summed E-state index contributed by atoms with van der Waals surface area (Å²) in [7, 11) is 0. The molecule has 0 spiro atoms. The van der Waals surface area contributed by atoms with E-state index in [1.807, 2.05) is 0 Å². The summed E-state index contributed by atoms with van der Waals surface area (Å²) in [6, 6.07) is 10.1. The second-order valence-corrected chi connectivity index (χ2v) is 4.81. The molecule has 0 unspecified atom stereocenters. The van der Waals surface area contributed by atoms with Gasteiger partial charge in [-0.1, -0.05) is 18.2 Å². The Hall–Kier alpha value is -2.62. The second kappa shape index (κ2) is 4.49. The lowest BCUT2D eigenvalue weighted by Crippen LogP contribution is -2.16.